The molecule has 0 spiro atoms. The van der Waals surface area contributed by atoms with E-state index in [0.29, 0.717) is 6.54 Å². The molecule has 2 rings (SSSR count). The summed E-state index contributed by atoms with van der Waals surface area (Å²) in [6, 6.07) is 5.01. The van der Waals surface area contributed by atoms with Crippen molar-refractivity contribution in [2.24, 2.45) is 0 Å². The van der Waals surface area contributed by atoms with Crippen LogP contribution in [0, 0.1) is 0 Å². The van der Waals surface area contributed by atoms with Crippen molar-refractivity contribution < 1.29 is 0 Å². The largest absolute Gasteiger partial charge is 0.373 e. The molecular formula is C11H12N4O2. The second kappa shape index (κ2) is 4.65. The molecule has 0 aromatic carbocycles. The van der Waals surface area contributed by atoms with Crippen LogP contribution in [0.25, 0.3) is 0 Å². The Morgan fingerprint density at radius 1 is 1.35 bits per heavy atom. The van der Waals surface area contributed by atoms with Crippen LogP contribution in [0.5, 0.6) is 0 Å². The summed E-state index contributed by atoms with van der Waals surface area (Å²) in [6.07, 6.45) is 3.15. The first-order valence-corrected chi connectivity index (χ1v) is 5.11. The monoisotopic (exact) mass is 232 g/mol. The second-order valence-electron chi connectivity index (χ2n) is 3.54. The van der Waals surface area contributed by atoms with Gasteiger partial charge in [0.2, 0.25) is 0 Å². The van der Waals surface area contributed by atoms with Crippen molar-refractivity contribution in [3.05, 3.63) is 57.0 Å². The van der Waals surface area contributed by atoms with Gasteiger partial charge in [-0.1, -0.05) is 6.07 Å². The van der Waals surface area contributed by atoms with E-state index in [2.05, 4.69) is 15.3 Å². The van der Waals surface area contributed by atoms with Crippen LogP contribution in [0.3, 0.4) is 0 Å². The van der Waals surface area contributed by atoms with Crippen molar-refractivity contribution in [1.82, 2.24) is 14.5 Å². The molecule has 88 valence electrons. The number of pyridine rings is 1. The highest BCUT2D eigenvalue weighted by Crippen LogP contribution is 2.04. The number of nitrogens with one attached hydrogen (secondary N) is 2. The Balaban J connectivity index is 2.25. The molecule has 0 aliphatic carbocycles. The minimum absolute atomic E-state index is 0.382. The molecule has 2 aromatic rings. The average molecular weight is 232 g/mol. The lowest BCUT2D eigenvalue weighted by molar-refractivity contribution is 0.718. The number of nitrogens with zero attached hydrogens (tertiary/aromatic N) is 2. The SMILES string of the molecule is CNc1ccc(Cn2ccc(=O)[nH]c2=O)cn1. The van der Waals surface area contributed by atoms with E-state index in [1.165, 1.54) is 16.8 Å². The molecular weight excluding hydrogens is 220 g/mol. The van der Waals surface area contributed by atoms with E-state index in [1.54, 1.807) is 13.2 Å². The summed E-state index contributed by atoms with van der Waals surface area (Å²) in [6.45, 7) is 0.382. The third kappa shape index (κ3) is 2.60. The molecule has 0 aliphatic heterocycles. The number of aromatic nitrogens is 3. The number of H-pyrrole nitrogens is 1. The molecule has 0 unspecified atom stereocenters. The van der Waals surface area contributed by atoms with Gasteiger partial charge in [0.15, 0.2) is 0 Å². The van der Waals surface area contributed by atoms with Crippen LogP contribution >= 0.6 is 0 Å². The maximum absolute atomic E-state index is 11.4. The van der Waals surface area contributed by atoms with Gasteiger partial charge in [0.05, 0.1) is 6.54 Å². The maximum Gasteiger partial charge on any atom is 0.328 e. The van der Waals surface area contributed by atoms with E-state index in [9.17, 15) is 9.59 Å². The van der Waals surface area contributed by atoms with E-state index in [0.717, 1.165) is 11.4 Å². The van der Waals surface area contributed by atoms with Crippen LogP contribution in [0.15, 0.2) is 40.2 Å². The fourth-order valence-corrected chi connectivity index (χ4v) is 1.43. The zero-order valence-electron chi connectivity index (χ0n) is 9.30. The Morgan fingerprint density at radius 3 is 2.76 bits per heavy atom. The van der Waals surface area contributed by atoms with Gasteiger partial charge in [0.25, 0.3) is 5.56 Å². The molecule has 0 bridgehead atoms. The van der Waals surface area contributed by atoms with Gasteiger partial charge >= 0.3 is 5.69 Å². The molecule has 0 saturated heterocycles. The van der Waals surface area contributed by atoms with Crippen LogP contribution in [0.1, 0.15) is 5.56 Å². The van der Waals surface area contributed by atoms with E-state index in [-0.39, 0.29) is 0 Å². The number of anilines is 1. The molecule has 0 fully saturated rings. The molecule has 17 heavy (non-hydrogen) atoms. The van der Waals surface area contributed by atoms with Crippen LogP contribution in [-0.2, 0) is 6.54 Å². The molecule has 2 aromatic heterocycles. The topological polar surface area (TPSA) is 79.8 Å². The fraction of sp³-hybridized carbons (Fsp3) is 0.182. The van der Waals surface area contributed by atoms with E-state index < -0.39 is 11.2 Å². The first-order valence-electron chi connectivity index (χ1n) is 5.11. The van der Waals surface area contributed by atoms with E-state index >= 15 is 0 Å². The molecule has 2 heterocycles. The highest BCUT2D eigenvalue weighted by Gasteiger charge is 1.99. The van der Waals surface area contributed by atoms with Crippen molar-refractivity contribution in [3.8, 4) is 0 Å². The molecule has 6 nitrogen and oxygen atoms in total. The van der Waals surface area contributed by atoms with Crippen LogP contribution < -0.4 is 16.6 Å². The van der Waals surface area contributed by atoms with Gasteiger partial charge in [-0.3, -0.25) is 14.3 Å². The lowest BCUT2D eigenvalue weighted by Crippen LogP contribution is -2.28. The van der Waals surface area contributed by atoms with Crippen molar-refractivity contribution in [2.45, 2.75) is 6.54 Å². The Morgan fingerprint density at radius 2 is 2.18 bits per heavy atom. The van der Waals surface area contributed by atoms with Crippen LogP contribution in [0.2, 0.25) is 0 Å². The van der Waals surface area contributed by atoms with Gasteiger partial charge in [-0.05, 0) is 11.6 Å². The fourth-order valence-electron chi connectivity index (χ4n) is 1.43. The predicted molar refractivity (Wildman–Crippen MR) is 64.2 cm³/mol. The smallest absolute Gasteiger partial charge is 0.328 e. The summed E-state index contributed by atoms with van der Waals surface area (Å²) >= 11 is 0. The minimum atomic E-state index is -0.421. The molecule has 0 radical (unpaired) electrons. The Labute approximate surface area is 97.0 Å². The average Bonchev–Trinajstić information content (AvgIpc) is 2.34. The maximum atomic E-state index is 11.4. The zero-order chi connectivity index (χ0) is 12.3. The number of hydrogen-bond acceptors (Lipinski definition) is 4. The Kier molecular flexibility index (Phi) is 3.04. The highest BCUT2D eigenvalue weighted by atomic mass is 16.2. The van der Waals surface area contributed by atoms with Gasteiger partial charge in [-0.15, -0.1) is 0 Å². The third-order valence-electron chi connectivity index (χ3n) is 2.33. The Hall–Kier alpha value is -2.37. The lowest BCUT2D eigenvalue weighted by atomic mass is 10.3. The quantitative estimate of drug-likeness (QED) is 0.782. The molecule has 0 saturated carbocycles. The standard InChI is InChI=1S/C11H12N4O2/c1-12-9-3-2-8(6-13-9)7-15-5-4-10(16)14-11(15)17/h2-6H,7H2,1H3,(H,12,13)(H,14,16,17). The molecule has 2 N–H and O–H groups in total. The molecule has 6 heteroatoms. The van der Waals surface area contributed by atoms with Gasteiger partial charge in [0.1, 0.15) is 5.82 Å². The van der Waals surface area contributed by atoms with Crippen molar-refractivity contribution in [1.29, 1.82) is 0 Å². The van der Waals surface area contributed by atoms with Crippen LogP contribution in [-0.4, -0.2) is 21.6 Å². The highest BCUT2D eigenvalue weighted by molar-refractivity contribution is 5.34. The van der Waals surface area contributed by atoms with Crippen LogP contribution in [0.4, 0.5) is 5.82 Å². The van der Waals surface area contributed by atoms with Gasteiger partial charge < -0.3 is 5.32 Å². The van der Waals surface area contributed by atoms with Gasteiger partial charge in [0, 0.05) is 25.5 Å². The molecule has 0 atom stereocenters. The van der Waals surface area contributed by atoms with Gasteiger partial charge in [-0.2, -0.15) is 0 Å². The summed E-state index contributed by atoms with van der Waals surface area (Å²) in [4.78, 5) is 28.7. The summed E-state index contributed by atoms with van der Waals surface area (Å²) in [7, 11) is 1.79. The summed E-state index contributed by atoms with van der Waals surface area (Å²) < 4.78 is 1.41. The first-order chi connectivity index (χ1) is 8.19. The number of rotatable bonds is 3. The zero-order valence-corrected chi connectivity index (χ0v) is 9.30. The third-order valence-corrected chi connectivity index (χ3v) is 2.33. The van der Waals surface area contributed by atoms with Crippen molar-refractivity contribution >= 4 is 5.82 Å². The first kappa shape index (κ1) is 11.1. The van der Waals surface area contributed by atoms with Crippen molar-refractivity contribution in [2.75, 3.05) is 12.4 Å². The van der Waals surface area contributed by atoms with E-state index in [4.69, 9.17) is 0 Å². The Bertz CT molecular complexity index is 612. The minimum Gasteiger partial charge on any atom is -0.373 e. The summed E-state index contributed by atoms with van der Waals surface area (Å²) in [5.41, 5.74) is 0.0725. The normalized spacial score (nSPS) is 10.2. The summed E-state index contributed by atoms with van der Waals surface area (Å²) in [5, 5.41) is 2.91. The van der Waals surface area contributed by atoms with E-state index in [1.807, 2.05) is 12.1 Å². The van der Waals surface area contributed by atoms with Crippen molar-refractivity contribution in [3.63, 3.8) is 0 Å². The second-order valence-corrected chi connectivity index (χ2v) is 3.54. The molecule has 0 amide bonds. The predicted octanol–water partition coefficient (Wildman–Crippen LogP) is 0.0216. The number of aromatic amines is 1. The lowest BCUT2D eigenvalue weighted by Gasteiger charge is -2.05. The number of hydrogen-bond donors (Lipinski definition) is 2. The summed E-state index contributed by atoms with van der Waals surface area (Å²) in [5.74, 6) is 0.766. The molecule has 0 aliphatic rings. The van der Waals surface area contributed by atoms with Gasteiger partial charge in [-0.25, -0.2) is 9.78 Å².